The lowest BCUT2D eigenvalue weighted by Crippen LogP contribution is -2.32. The van der Waals surface area contributed by atoms with Crippen LogP contribution < -0.4 is 10.1 Å². The predicted octanol–water partition coefficient (Wildman–Crippen LogP) is 3.01. The summed E-state index contributed by atoms with van der Waals surface area (Å²) in [5.41, 5.74) is 3.19. The molecule has 3 rings (SSSR count). The molecule has 2 amide bonds. The molecule has 1 heterocycles. The van der Waals surface area contributed by atoms with Gasteiger partial charge in [-0.2, -0.15) is 0 Å². The number of hydrogen-bond donors (Lipinski definition) is 1. The number of fused-ring (bicyclic) bond motifs is 1. The molecule has 5 heteroatoms. The number of carbonyl (C=O) groups excluding carboxylic acids is 2. The summed E-state index contributed by atoms with van der Waals surface area (Å²) in [6, 6.07) is 15.1. The number of para-hydroxylation sites is 1. The SMILES string of the molecule is C=C1c2ccccc2C(=O)N1CCC(=O)NCCOc1ccccc1C. The largest absolute Gasteiger partial charge is 0.491 e. The summed E-state index contributed by atoms with van der Waals surface area (Å²) >= 11 is 0. The molecule has 0 bridgehead atoms. The van der Waals surface area contributed by atoms with E-state index in [-0.39, 0.29) is 18.2 Å². The molecule has 1 aliphatic heterocycles. The third-order valence-corrected chi connectivity index (χ3v) is 4.38. The Balaban J connectivity index is 1.42. The maximum atomic E-state index is 12.4. The van der Waals surface area contributed by atoms with Crippen LogP contribution in [-0.2, 0) is 4.79 Å². The number of nitrogens with zero attached hydrogens (tertiary/aromatic N) is 1. The smallest absolute Gasteiger partial charge is 0.258 e. The summed E-state index contributed by atoms with van der Waals surface area (Å²) in [6.07, 6.45) is 0.225. The number of rotatable bonds is 7. The number of amides is 2. The predicted molar refractivity (Wildman–Crippen MR) is 101 cm³/mol. The van der Waals surface area contributed by atoms with Gasteiger partial charge in [-0.3, -0.25) is 9.59 Å². The van der Waals surface area contributed by atoms with Crippen molar-refractivity contribution in [2.24, 2.45) is 0 Å². The lowest BCUT2D eigenvalue weighted by molar-refractivity contribution is -0.121. The van der Waals surface area contributed by atoms with Gasteiger partial charge in [-0.15, -0.1) is 0 Å². The highest BCUT2D eigenvalue weighted by atomic mass is 16.5. The van der Waals surface area contributed by atoms with Gasteiger partial charge in [-0.25, -0.2) is 0 Å². The topological polar surface area (TPSA) is 58.6 Å². The van der Waals surface area contributed by atoms with E-state index in [0.29, 0.717) is 31.0 Å². The molecule has 134 valence electrons. The van der Waals surface area contributed by atoms with Crippen molar-refractivity contribution in [3.8, 4) is 5.75 Å². The van der Waals surface area contributed by atoms with Crippen molar-refractivity contribution < 1.29 is 14.3 Å². The molecule has 0 aliphatic carbocycles. The molecular weight excluding hydrogens is 328 g/mol. The maximum Gasteiger partial charge on any atom is 0.258 e. The highest BCUT2D eigenvalue weighted by molar-refractivity contribution is 6.08. The van der Waals surface area contributed by atoms with Gasteiger partial charge in [-0.1, -0.05) is 43.0 Å². The van der Waals surface area contributed by atoms with E-state index in [9.17, 15) is 9.59 Å². The quantitative estimate of drug-likeness (QED) is 0.781. The summed E-state index contributed by atoms with van der Waals surface area (Å²) in [7, 11) is 0. The van der Waals surface area contributed by atoms with Crippen LogP contribution in [-0.4, -0.2) is 36.4 Å². The summed E-state index contributed by atoms with van der Waals surface area (Å²) in [6.45, 7) is 7.09. The monoisotopic (exact) mass is 350 g/mol. The van der Waals surface area contributed by atoms with Crippen molar-refractivity contribution >= 4 is 17.5 Å². The molecule has 0 radical (unpaired) electrons. The molecule has 2 aromatic rings. The van der Waals surface area contributed by atoms with Crippen LogP contribution in [0.4, 0.5) is 0 Å². The van der Waals surface area contributed by atoms with E-state index in [1.54, 1.807) is 11.0 Å². The van der Waals surface area contributed by atoms with E-state index in [4.69, 9.17) is 4.74 Å². The minimum atomic E-state index is -0.116. The summed E-state index contributed by atoms with van der Waals surface area (Å²) in [4.78, 5) is 26.0. The number of benzene rings is 2. The van der Waals surface area contributed by atoms with Gasteiger partial charge in [0.25, 0.3) is 5.91 Å². The number of nitrogens with one attached hydrogen (secondary N) is 1. The van der Waals surface area contributed by atoms with Crippen LogP contribution in [0.15, 0.2) is 55.1 Å². The van der Waals surface area contributed by atoms with Gasteiger partial charge in [0.05, 0.1) is 6.54 Å². The van der Waals surface area contributed by atoms with E-state index < -0.39 is 0 Å². The second-order valence-electron chi connectivity index (χ2n) is 6.16. The zero-order valence-corrected chi connectivity index (χ0v) is 14.8. The van der Waals surface area contributed by atoms with E-state index in [2.05, 4.69) is 11.9 Å². The Bertz CT molecular complexity index is 810. The van der Waals surface area contributed by atoms with Crippen LogP contribution in [0.5, 0.6) is 5.75 Å². The molecule has 26 heavy (non-hydrogen) atoms. The van der Waals surface area contributed by atoms with Gasteiger partial charge < -0.3 is 15.0 Å². The Morgan fingerprint density at radius 1 is 1.12 bits per heavy atom. The molecule has 0 atom stereocenters. The van der Waals surface area contributed by atoms with E-state index in [1.165, 1.54) is 0 Å². The van der Waals surface area contributed by atoms with Crippen molar-refractivity contribution in [1.82, 2.24) is 10.2 Å². The summed E-state index contributed by atoms with van der Waals surface area (Å²) in [5.74, 6) is 0.606. The fraction of sp³-hybridized carbons (Fsp3) is 0.238. The summed E-state index contributed by atoms with van der Waals surface area (Å²) < 4.78 is 5.65. The first-order chi connectivity index (χ1) is 12.6. The van der Waals surface area contributed by atoms with Crippen molar-refractivity contribution in [2.75, 3.05) is 19.7 Å². The Kier molecular flexibility index (Phi) is 5.37. The Morgan fingerprint density at radius 3 is 2.54 bits per heavy atom. The van der Waals surface area contributed by atoms with Crippen LogP contribution in [0.2, 0.25) is 0 Å². The normalized spacial score (nSPS) is 12.9. The van der Waals surface area contributed by atoms with Gasteiger partial charge in [-0.05, 0) is 24.6 Å². The van der Waals surface area contributed by atoms with Crippen LogP contribution >= 0.6 is 0 Å². The number of ether oxygens (including phenoxy) is 1. The van der Waals surface area contributed by atoms with Crippen molar-refractivity contribution in [2.45, 2.75) is 13.3 Å². The van der Waals surface area contributed by atoms with Gasteiger partial charge >= 0.3 is 0 Å². The molecule has 0 aromatic heterocycles. The zero-order valence-electron chi connectivity index (χ0n) is 14.8. The molecule has 0 spiro atoms. The number of carbonyl (C=O) groups is 2. The first-order valence-electron chi connectivity index (χ1n) is 8.63. The molecule has 0 unspecified atom stereocenters. The second kappa shape index (κ2) is 7.87. The molecule has 0 saturated heterocycles. The third kappa shape index (κ3) is 3.77. The average molecular weight is 350 g/mol. The van der Waals surface area contributed by atoms with Crippen molar-refractivity contribution in [1.29, 1.82) is 0 Å². The van der Waals surface area contributed by atoms with E-state index in [0.717, 1.165) is 16.9 Å². The Hall–Kier alpha value is -3.08. The van der Waals surface area contributed by atoms with Crippen LogP contribution in [0, 0.1) is 6.92 Å². The standard InChI is InChI=1S/C21H22N2O3/c1-15-7-3-6-10-19(15)26-14-12-22-20(24)11-13-23-16(2)17-8-4-5-9-18(17)21(23)25/h3-10H,2,11-14H2,1H3,(H,22,24). The first-order valence-corrected chi connectivity index (χ1v) is 8.63. The highest BCUT2D eigenvalue weighted by Crippen LogP contribution is 2.30. The second-order valence-corrected chi connectivity index (χ2v) is 6.16. The fourth-order valence-electron chi connectivity index (χ4n) is 2.94. The third-order valence-electron chi connectivity index (χ3n) is 4.38. The van der Waals surface area contributed by atoms with Crippen LogP contribution in [0.3, 0.4) is 0 Å². The molecular formula is C21H22N2O3. The molecule has 0 saturated carbocycles. The summed E-state index contributed by atoms with van der Waals surface area (Å²) in [5, 5.41) is 2.82. The average Bonchev–Trinajstić information content (AvgIpc) is 2.89. The minimum absolute atomic E-state index is 0.0960. The van der Waals surface area contributed by atoms with Crippen molar-refractivity contribution in [3.63, 3.8) is 0 Å². The van der Waals surface area contributed by atoms with Gasteiger partial charge in [0.2, 0.25) is 5.91 Å². The lowest BCUT2D eigenvalue weighted by atomic mass is 10.1. The van der Waals surface area contributed by atoms with Gasteiger partial charge in [0, 0.05) is 29.8 Å². The molecule has 2 aromatic carbocycles. The first kappa shape index (κ1) is 17.7. The van der Waals surface area contributed by atoms with Crippen LogP contribution in [0.25, 0.3) is 5.70 Å². The molecule has 1 aliphatic rings. The Labute approximate surface area is 153 Å². The highest BCUT2D eigenvalue weighted by Gasteiger charge is 2.30. The Morgan fingerprint density at radius 2 is 1.81 bits per heavy atom. The number of aryl methyl sites for hydroxylation is 1. The van der Waals surface area contributed by atoms with Crippen molar-refractivity contribution in [3.05, 3.63) is 71.8 Å². The fourth-order valence-corrected chi connectivity index (χ4v) is 2.94. The lowest BCUT2D eigenvalue weighted by Gasteiger charge is -2.17. The van der Waals surface area contributed by atoms with E-state index >= 15 is 0 Å². The van der Waals surface area contributed by atoms with Gasteiger partial charge in [0.15, 0.2) is 0 Å². The number of hydrogen-bond acceptors (Lipinski definition) is 3. The molecule has 0 fully saturated rings. The minimum Gasteiger partial charge on any atom is -0.491 e. The van der Waals surface area contributed by atoms with Crippen LogP contribution in [0.1, 0.15) is 27.9 Å². The van der Waals surface area contributed by atoms with Gasteiger partial charge in [0.1, 0.15) is 12.4 Å². The van der Waals surface area contributed by atoms with E-state index in [1.807, 2.05) is 49.4 Å². The zero-order chi connectivity index (χ0) is 18.5. The molecule has 1 N–H and O–H groups in total. The maximum absolute atomic E-state index is 12.4. The molecule has 5 nitrogen and oxygen atoms in total.